The average Bonchev–Trinajstić information content (AvgIpc) is 2.45. The minimum absolute atomic E-state index is 0.0939. The number of nitrogens with two attached hydrogens (primary N) is 1. The molecule has 5 heteroatoms. The zero-order valence-corrected chi connectivity index (χ0v) is 11.8. The van der Waals surface area contributed by atoms with Gasteiger partial charge in [0.2, 0.25) is 0 Å². The van der Waals surface area contributed by atoms with Crippen molar-refractivity contribution in [1.82, 2.24) is 10.2 Å². The highest BCUT2D eigenvalue weighted by atomic mass is 16.5. The summed E-state index contributed by atoms with van der Waals surface area (Å²) in [6.07, 6.45) is 0. The maximum atomic E-state index is 6.39. The van der Waals surface area contributed by atoms with Crippen molar-refractivity contribution >= 4 is 0 Å². The van der Waals surface area contributed by atoms with Gasteiger partial charge in [-0.05, 0) is 13.1 Å². The van der Waals surface area contributed by atoms with Crippen molar-refractivity contribution in [2.24, 2.45) is 5.73 Å². The first-order valence-corrected chi connectivity index (χ1v) is 6.55. The van der Waals surface area contributed by atoms with Gasteiger partial charge in [-0.2, -0.15) is 0 Å². The van der Waals surface area contributed by atoms with Crippen LogP contribution in [0.3, 0.4) is 0 Å². The predicted octanol–water partition coefficient (Wildman–Crippen LogP) is 0.607. The molecule has 2 unspecified atom stereocenters. The van der Waals surface area contributed by atoms with Crippen LogP contribution < -0.4 is 20.5 Å². The van der Waals surface area contributed by atoms with Crippen molar-refractivity contribution in [2.75, 3.05) is 40.9 Å². The second-order valence-electron chi connectivity index (χ2n) is 4.96. The van der Waals surface area contributed by atoms with Gasteiger partial charge in [-0.3, -0.25) is 0 Å². The van der Waals surface area contributed by atoms with Crippen LogP contribution in [0.4, 0.5) is 0 Å². The molecule has 0 aliphatic carbocycles. The Morgan fingerprint density at radius 3 is 2.79 bits per heavy atom. The van der Waals surface area contributed by atoms with E-state index >= 15 is 0 Å². The topological polar surface area (TPSA) is 59.8 Å². The average molecular weight is 265 g/mol. The Labute approximate surface area is 114 Å². The van der Waals surface area contributed by atoms with Crippen LogP contribution in [0.1, 0.15) is 11.6 Å². The number of piperazine rings is 1. The van der Waals surface area contributed by atoms with E-state index in [1.807, 2.05) is 18.2 Å². The Morgan fingerprint density at radius 1 is 1.37 bits per heavy atom. The van der Waals surface area contributed by atoms with E-state index in [4.69, 9.17) is 15.2 Å². The molecule has 1 heterocycles. The van der Waals surface area contributed by atoms with Crippen molar-refractivity contribution in [3.63, 3.8) is 0 Å². The standard InChI is InChI=1S/C14H23N3O2/c1-17-7-6-16-12(9-17)14(15)11-5-4-10(18-2)8-13(11)19-3/h4-5,8,12,14,16H,6-7,9,15H2,1-3H3. The zero-order valence-electron chi connectivity index (χ0n) is 11.8. The van der Waals surface area contributed by atoms with Gasteiger partial charge in [-0.15, -0.1) is 0 Å². The van der Waals surface area contributed by atoms with Crippen molar-refractivity contribution in [3.8, 4) is 11.5 Å². The zero-order chi connectivity index (χ0) is 13.8. The maximum Gasteiger partial charge on any atom is 0.127 e. The minimum atomic E-state index is -0.0939. The van der Waals surface area contributed by atoms with Crippen LogP contribution >= 0.6 is 0 Å². The smallest absolute Gasteiger partial charge is 0.127 e. The lowest BCUT2D eigenvalue weighted by molar-refractivity contribution is 0.218. The molecular weight excluding hydrogens is 242 g/mol. The van der Waals surface area contributed by atoms with E-state index in [2.05, 4.69) is 17.3 Å². The summed E-state index contributed by atoms with van der Waals surface area (Å²) in [6, 6.07) is 5.93. The van der Waals surface area contributed by atoms with Crippen LogP contribution in [0.15, 0.2) is 18.2 Å². The largest absolute Gasteiger partial charge is 0.497 e. The highest BCUT2D eigenvalue weighted by molar-refractivity contribution is 5.43. The van der Waals surface area contributed by atoms with Crippen molar-refractivity contribution in [2.45, 2.75) is 12.1 Å². The summed E-state index contributed by atoms with van der Waals surface area (Å²) in [5, 5.41) is 3.47. The number of rotatable bonds is 4. The van der Waals surface area contributed by atoms with Gasteiger partial charge in [0.15, 0.2) is 0 Å². The highest BCUT2D eigenvalue weighted by Gasteiger charge is 2.26. The first kappa shape index (κ1) is 14.1. The molecule has 1 aromatic rings. The molecule has 2 atom stereocenters. The summed E-state index contributed by atoms with van der Waals surface area (Å²) in [5.41, 5.74) is 7.40. The van der Waals surface area contributed by atoms with Gasteiger partial charge in [0.1, 0.15) is 11.5 Å². The normalized spacial score (nSPS) is 22.0. The van der Waals surface area contributed by atoms with Crippen LogP contribution in [0.5, 0.6) is 11.5 Å². The number of nitrogens with one attached hydrogen (secondary N) is 1. The molecule has 1 fully saturated rings. The molecule has 1 aliphatic heterocycles. The Hall–Kier alpha value is -1.30. The molecule has 0 spiro atoms. The fraction of sp³-hybridized carbons (Fsp3) is 0.571. The molecule has 2 rings (SSSR count). The van der Waals surface area contributed by atoms with Gasteiger partial charge in [0.25, 0.3) is 0 Å². The summed E-state index contributed by atoms with van der Waals surface area (Å²) >= 11 is 0. The van der Waals surface area contributed by atoms with E-state index in [9.17, 15) is 0 Å². The van der Waals surface area contributed by atoms with E-state index in [1.54, 1.807) is 14.2 Å². The number of hydrogen-bond acceptors (Lipinski definition) is 5. The van der Waals surface area contributed by atoms with E-state index in [0.717, 1.165) is 36.7 Å². The molecule has 0 aromatic heterocycles. The van der Waals surface area contributed by atoms with Gasteiger partial charge < -0.3 is 25.4 Å². The van der Waals surface area contributed by atoms with Gasteiger partial charge in [-0.25, -0.2) is 0 Å². The number of ether oxygens (including phenoxy) is 2. The number of benzene rings is 1. The van der Waals surface area contributed by atoms with E-state index < -0.39 is 0 Å². The molecule has 5 nitrogen and oxygen atoms in total. The molecular formula is C14H23N3O2. The van der Waals surface area contributed by atoms with Crippen LogP contribution in [0, 0.1) is 0 Å². The van der Waals surface area contributed by atoms with Gasteiger partial charge in [0, 0.05) is 43.3 Å². The molecule has 106 valence electrons. The Kier molecular flexibility index (Phi) is 4.63. The second kappa shape index (κ2) is 6.23. The Balaban J connectivity index is 2.20. The lowest BCUT2D eigenvalue weighted by Gasteiger charge is -2.35. The van der Waals surface area contributed by atoms with E-state index in [1.165, 1.54) is 0 Å². The molecule has 1 saturated heterocycles. The number of methoxy groups -OCH3 is 2. The third-order valence-corrected chi connectivity index (χ3v) is 3.64. The molecule has 0 amide bonds. The van der Waals surface area contributed by atoms with Crippen LogP contribution in [-0.4, -0.2) is 51.8 Å². The van der Waals surface area contributed by atoms with E-state index in [0.29, 0.717) is 0 Å². The highest BCUT2D eigenvalue weighted by Crippen LogP contribution is 2.30. The Morgan fingerprint density at radius 2 is 2.16 bits per heavy atom. The fourth-order valence-electron chi connectivity index (χ4n) is 2.48. The third kappa shape index (κ3) is 3.18. The monoisotopic (exact) mass is 265 g/mol. The summed E-state index contributed by atoms with van der Waals surface area (Å²) in [5.74, 6) is 1.56. The molecule has 1 aliphatic rings. The predicted molar refractivity (Wildman–Crippen MR) is 75.8 cm³/mol. The van der Waals surface area contributed by atoms with Crippen LogP contribution in [-0.2, 0) is 0 Å². The number of nitrogens with zero attached hydrogens (tertiary/aromatic N) is 1. The van der Waals surface area contributed by atoms with Crippen LogP contribution in [0.2, 0.25) is 0 Å². The fourth-order valence-corrected chi connectivity index (χ4v) is 2.48. The van der Waals surface area contributed by atoms with Crippen LogP contribution in [0.25, 0.3) is 0 Å². The molecule has 3 N–H and O–H groups in total. The first-order valence-electron chi connectivity index (χ1n) is 6.55. The number of hydrogen-bond donors (Lipinski definition) is 2. The van der Waals surface area contributed by atoms with Gasteiger partial charge in [0.05, 0.1) is 14.2 Å². The third-order valence-electron chi connectivity index (χ3n) is 3.64. The van der Waals surface area contributed by atoms with E-state index in [-0.39, 0.29) is 12.1 Å². The van der Waals surface area contributed by atoms with Gasteiger partial charge in [-0.1, -0.05) is 6.07 Å². The lowest BCUT2D eigenvalue weighted by Crippen LogP contribution is -2.53. The van der Waals surface area contributed by atoms with Crippen molar-refractivity contribution < 1.29 is 9.47 Å². The SMILES string of the molecule is COc1ccc(C(N)C2CN(C)CCN2)c(OC)c1. The van der Waals surface area contributed by atoms with Crippen molar-refractivity contribution in [3.05, 3.63) is 23.8 Å². The summed E-state index contributed by atoms with van der Waals surface area (Å²) < 4.78 is 10.6. The lowest BCUT2D eigenvalue weighted by atomic mass is 9.97. The quantitative estimate of drug-likeness (QED) is 0.835. The molecule has 0 bridgehead atoms. The molecule has 19 heavy (non-hydrogen) atoms. The molecule has 0 saturated carbocycles. The molecule has 1 aromatic carbocycles. The van der Waals surface area contributed by atoms with Crippen molar-refractivity contribution in [1.29, 1.82) is 0 Å². The molecule has 0 radical (unpaired) electrons. The van der Waals surface area contributed by atoms with Gasteiger partial charge >= 0.3 is 0 Å². The summed E-state index contributed by atoms with van der Waals surface area (Å²) in [6.45, 7) is 2.96. The maximum absolute atomic E-state index is 6.39. The summed E-state index contributed by atoms with van der Waals surface area (Å²) in [7, 11) is 5.42. The second-order valence-corrected chi connectivity index (χ2v) is 4.96. The first-order chi connectivity index (χ1) is 9.15. The number of likely N-dealkylation sites (N-methyl/N-ethyl adjacent to an activating group) is 1. The summed E-state index contributed by atoms with van der Waals surface area (Å²) in [4.78, 5) is 2.29. The Bertz CT molecular complexity index is 425. The minimum Gasteiger partial charge on any atom is -0.497 e.